The van der Waals surface area contributed by atoms with Gasteiger partial charge in [-0.1, -0.05) is 0 Å². The van der Waals surface area contributed by atoms with Crippen molar-refractivity contribution < 1.29 is 9.18 Å². The second-order valence-corrected chi connectivity index (χ2v) is 3.85. The molecule has 1 aliphatic heterocycles. The first-order valence-electron chi connectivity index (χ1n) is 5.34. The summed E-state index contributed by atoms with van der Waals surface area (Å²) in [5, 5.41) is 9.72. The van der Waals surface area contributed by atoms with Crippen LogP contribution in [0.15, 0.2) is 0 Å². The van der Waals surface area contributed by atoms with E-state index in [0.717, 1.165) is 19.1 Å². The maximum atomic E-state index is 14.0. The highest BCUT2D eigenvalue weighted by Gasteiger charge is 2.27. The molecule has 0 atom stereocenters. The van der Waals surface area contributed by atoms with Crippen LogP contribution in [0, 0.1) is 11.2 Å². The van der Waals surface area contributed by atoms with Crippen LogP contribution in [0.4, 0.5) is 4.39 Å². The van der Waals surface area contributed by atoms with E-state index in [4.69, 9.17) is 5.41 Å². The molecule has 0 fully saturated rings. The molecule has 0 spiro atoms. The molecule has 2 rings (SSSR count). The Morgan fingerprint density at radius 3 is 2.94 bits per heavy atom. The van der Waals surface area contributed by atoms with E-state index in [1.165, 1.54) is 7.05 Å². The fourth-order valence-electron chi connectivity index (χ4n) is 2.21. The molecular weight excluding hydrogens is 209 g/mol. The summed E-state index contributed by atoms with van der Waals surface area (Å²) < 4.78 is 15.8. The molecule has 16 heavy (non-hydrogen) atoms. The van der Waals surface area contributed by atoms with Crippen molar-refractivity contribution in [3.8, 4) is 0 Å². The van der Waals surface area contributed by atoms with Crippen LogP contribution >= 0.6 is 0 Å². The summed E-state index contributed by atoms with van der Waals surface area (Å²) in [6.45, 7) is 0.688. The van der Waals surface area contributed by atoms with Crippen LogP contribution in [-0.2, 0) is 13.0 Å². The van der Waals surface area contributed by atoms with E-state index in [-0.39, 0.29) is 5.56 Å². The molecule has 1 aliphatic rings. The quantitative estimate of drug-likeness (QED) is 0.730. The Balaban J connectivity index is 2.63. The molecule has 4 nitrogen and oxygen atoms in total. The Morgan fingerprint density at radius 2 is 2.31 bits per heavy atom. The van der Waals surface area contributed by atoms with Crippen molar-refractivity contribution in [3.05, 3.63) is 22.8 Å². The summed E-state index contributed by atoms with van der Waals surface area (Å²) >= 11 is 0. The number of hydrogen-bond donors (Lipinski definition) is 2. The van der Waals surface area contributed by atoms with E-state index in [2.05, 4.69) is 5.32 Å². The Hall–Kier alpha value is -1.65. The van der Waals surface area contributed by atoms with Gasteiger partial charge in [0.1, 0.15) is 5.56 Å². The molecule has 5 heteroatoms. The summed E-state index contributed by atoms with van der Waals surface area (Å²) in [6, 6.07) is 0. The number of carbonyl (C=O) groups excluding carboxylic acids is 1. The minimum absolute atomic E-state index is 0.00870. The van der Waals surface area contributed by atoms with Gasteiger partial charge in [0.25, 0.3) is 5.91 Å². The third-order valence-electron chi connectivity index (χ3n) is 2.98. The van der Waals surface area contributed by atoms with Crippen molar-refractivity contribution in [2.24, 2.45) is 0 Å². The number of hydrogen-bond acceptors (Lipinski definition) is 2. The average Bonchev–Trinajstić information content (AvgIpc) is 2.62. The fraction of sp³-hybridized carbons (Fsp3) is 0.455. The molecule has 1 amide bonds. The van der Waals surface area contributed by atoms with E-state index in [1.807, 2.05) is 0 Å². The first kappa shape index (κ1) is 10.9. The SMILES string of the molecule is CNC(=O)c1c(F)c2n(c1C=N)CCCC2. The molecule has 0 saturated heterocycles. The number of fused-ring (bicyclic) bond motifs is 1. The zero-order chi connectivity index (χ0) is 11.7. The maximum Gasteiger partial charge on any atom is 0.256 e. The number of rotatable bonds is 2. The van der Waals surface area contributed by atoms with Gasteiger partial charge >= 0.3 is 0 Å². The Kier molecular flexibility index (Phi) is 2.77. The summed E-state index contributed by atoms with van der Waals surface area (Å²) in [4.78, 5) is 11.6. The topological polar surface area (TPSA) is 57.9 Å². The van der Waals surface area contributed by atoms with Crippen LogP contribution < -0.4 is 5.32 Å². The summed E-state index contributed by atoms with van der Waals surface area (Å²) in [5.74, 6) is -0.921. The molecule has 0 aliphatic carbocycles. The van der Waals surface area contributed by atoms with E-state index >= 15 is 0 Å². The number of amides is 1. The molecule has 0 radical (unpaired) electrons. The van der Waals surface area contributed by atoms with Gasteiger partial charge in [-0.2, -0.15) is 0 Å². The lowest BCUT2D eigenvalue weighted by Gasteiger charge is -2.16. The average molecular weight is 223 g/mol. The molecule has 0 bridgehead atoms. The fourth-order valence-corrected chi connectivity index (χ4v) is 2.21. The van der Waals surface area contributed by atoms with Gasteiger partial charge in [-0.15, -0.1) is 0 Å². The highest BCUT2D eigenvalue weighted by atomic mass is 19.1. The van der Waals surface area contributed by atoms with E-state index < -0.39 is 11.7 Å². The van der Waals surface area contributed by atoms with Gasteiger partial charge in [0.2, 0.25) is 0 Å². The van der Waals surface area contributed by atoms with Crippen molar-refractivity contribution in [2.45, 2.75) is 25.8 Å². The second-order valence-electron chi connectivity index (χ2n) is 3.85. The Morgan fingerprint density at radius 1 is 1.56 bits per heavy atom. The standard InChI is InChI=1S/C11H14FN3O/c1-14-11(16)9-8(6-13)15-5-3-2-4-7(15)10(9)12/h6,13H,2-5H2,1H3,(H,14,16). The molecule has 2 heterocycles. The van der Waals surface area contributed by atoms with Crippen LogP contribution in [-0.4, -0.2) is 23.7 Å². The lowest BCUT2D eigenvalue weighted by Crippen LogP contribution is -2.20. The normalized spacial score (nSPS) is 14.4. The van der Waals surface area contributed by atoms with E-state index in [0.29, 0.717) is 24.4 Å². The van der Waals surface area contributed by atoms with Crippen LogP contribution in [0.3, 0.4) is 0 Å². The predicted octanol–water partition coefficient (Wildman–Crippen LogP) is 1.32. The van der Waals surface area contributed by atoms with Crippen molar-refractivity contribution in [1.82, 2.24) is 9.88 Å². The molecule has 1 aromatic rings. The van der Waals surface area contributed by atoms with Crippen molar-refractivity contribution in [1.29, 1.82) is 5.41 Å². The van der Waals surface area contributed by atoms with Gasteiger partial charge in [-0.3, -0.25) is 4.79 Å². The monoisotopic (exact) mass is 223 g/mol. The molecular formula is C11H14FN3O. The van der Waals surface area contributed by atoms with Crippen LogP contribution in [0.5, 0.6) is 0 Å². The minimum Gasteiger partial charge on any atom is -0.355 e. The molecule has 2 N–H and O–H groups in total. The third kappa shape index (κ3) is 1.43. The van der Waals surface area contributed by atoms with Gasteiger partial charge in [0.15, 0.2) is 5.82 Å². The molecule has 0 unspecified atom stereocenters. The number of nitrogens with zero attached hydrogens (tertiary/aromatic N) is 1. The smallest absolute Gasteiger partial charge is 0.256 e. The summed E-state index contributed by atoms with van der Waals surface area (Å²) in [7, 11) is 1.46. The van der Waals surface area contributed by atoms with E-state index in [9.17, 15) is 9.18 Å². The summed E-state index contributed by atoms with van der Waals surface area (Å²) in [6.07, 6.45) is 3.60. The lowest BCUT2D eigenvalue weighted by atomic mass is 10.1. The van der Waals surface area contributed by atoms with Crippen molar-refractivity contribution in [3.63, 3.8) is 0 Å². The predicted molar refractivity (Wildman–Crippen MR) is 58.6 cm³/mol. The molecule has 0 aromatic carbocycles. The zero-order valence-corrected chi connectivity index (χ0v) is 9.14. The van der Waals surface area contributed by atoms with Crippen LogP contribution in [0.25, 0.3) is 0 Å². The maximum absolute atomic E-state index is 14.0. The van der Waals surface area contributed by atoms with Gasteiger partial charge < -0.3 is 15.3 Å². The first-order valence-corrected chi connectivity index (χ1v) is 5.34. The lowest BCUT2D eigenvalue weighted by molar-refractivity contribution is 0.0959. The summed E-state index contributed by atoms with van der Waals surface area (Å²) in [5.41, 5.74) is 0.948. The molecule has 1 aromatic heterocycles. The number of halogens is 1. The number of nitrogens with one attached hydrogen (secondary N) is 2. The largest absolute Gasteiger partial charge is 0.355 e. The van der Waals surface area contributed by atoms with Crippen LogP contribution in [0.1, 0.15) is 34.6 Å². The Bertz CT molecular complexity index is 451. The van der Waals surface area contributed by atoms with Crippen LogP contribution in [0.2, 0.25) is 0 Å². The second kappa shape index (κ2) is 4.08. The van der Waals surface area contributed by atoms with Gasteiger partial charge in [0.05, 0.1) is 11.4 Å². The molecule has 0 saturated carbocycles. The van der Waals surface area contributed by atoms with Gasteiger partial charge in [0, 0.05) is 19.8 Å². The molecule has 86 valence electrons. The Labute approximate surface area is 93.0 Å². The third-order valence-corrected chi connectivity index (χ3v) is 2.98. The number of carbonyl (C=O) groups is 1. The highest BCUT2D eigenvalue weighted by Crippen LogP contribution is 2.26. The van der Waals surface area contributed by atoms with Crippen molar-refractivity contribution >= 4 is 12.1 Å². The minimum atomic E-state index is -0.461. The van der Waals surface area contributed by atoms with Gasteiger partial charge in [-0.25, -0.2) is 4.39 Å². The number of aromatic nitrogens is 1. The van der Waals surface area contributed by atoms with Gasteiger partial charge in [-0.05, 0) is 19.3 Å². The highest BCUT2D eigenvalue weighted by molar-refractivity contribution is 6.01. The zero-order valence-electron chi connectivity index (χ0n) is 9.14. The first-order chi connectivity index (χ1) is 7.70. The van der Waals surface area contributed by atoms with Crippen molar-refractivity contribution in [2.75, 3.05) is 7.05 Å². The van der Waals surface area contributed by atoms with E-state index in [1.54, 1.807) is 4.57 Å².